The lowest BCUT2D eigenvalue weighted by molar-refractivity contribution is -0.274. The molecule has 0 aliphatic heterocycles. The Morgan fingerprint density at radius 2 is 1.55 bits per heavy atom. The molecule has 222 valence electrons. The molecule has 1 saturated carbocycles. The molecule has 3 N–H and O–H groups in total. The van der Waals surface area contributed by atoms with Crippen molar-refractivity contribution >= 4 is 23.7 Å². The number of alkyl halides is 3. The van der Waals surface area contributed by atoms with Crippen LogP contribution in [0, 0.1) is 0 Å². The van der Waals surface area contributed by atoms with Gasteiger partial charge in [-0.25, -0.2) is 4.79 Å². The van der Waals surface area contributed by atoms with Crippen molar-refractivity contribution in [3.05, 3.63) is 89.0 Å². The Morgan fingerprint density at radius 3 is 2.19 bits per heavy atom. The van der Waals surface area contributed by atoms with Crippen LogP contribution >= 0.6 is 0 Å². The van der Waals surface area contributed by atoms with Crippen molar-refractivity contribution in [1.82, 2.24) is 5.32 Å². The maximum Gasteiger partial charge on any atom is 0.573 e. The van der Waals surface area contributed by atoms with Crippen LogP contribution in [0.15, 0.2) is 66.7 Å². The SMILES string of the molecule is O=C(O)CCNC(=O)c1ccc(NC(=O)Oc2cccc(OC(F)(F)F)c2Cc2ccc(C3CCCCC3)cc2)cc1. The van der Waals surface area contributed by atoms with Gasteiger partial charge in [-0.1, -0.05) is 49.6 Å². The number of halogens is 3. The highest BCUT2D eigenvalue weighted by molar-refractivity contribution is 5.95. The minimum Gasteiger partial charge on any atom is -0.481 e. The van der Waals surface area contributed by atoms with Gasteiger partial charge in [-0.15, -0.1) is 13.2 Å². The second kappa shape index (κ2) is 13.9. The number of carboxylic acids is 1. The third-order valence-electron chi connectivity index (χ3n) is 6.97. The number of rotatable bonds is 10. The number of anilines is 1. The Balaban J connectivity index is 1.46. The van der Waals surface area contributed by atoms with Crippen molar-refractivity contribution in [3.8, 4) is 11.5 Å². The highest BCUT2D eigenvalue weighted by Gasteiger charge is 2.33. The molecule has 0 atom stereocenters. The fourth-order valence-electron chi connectivity index (χ4n) is 4.92. The van der Waals surface area contributed by atoms with Crippen molar-refractivity contribution in [2.75, 3.05) is 11.9 Å². The van der Waals surface area contributed by atoms with E-state index in [2.05, 4.69) is 15.4 Å². The molecule has 1 fully saturated rings. The first-order valence-electron chi connectivity index (χ1n) is 13.6. The highest BCUT2D eigenvalue weighted by atomic mass is 19.4. The molecule has 0 unspecified atom stereocenters. The van der Waals surface area contributed by atoms with Gasteiger partial charge in [0.1, 0.15) is 11.5 Å². The summed E-state index contributed by atoms with van der Waals surface area (Å²) in [6, 6.07) is 17.3. The van der Waals surface area contributed by atoms with E-state index in [0.29, 0.717) is 5.92 Å². The lowest BCUT2D eigenvalue weighted by atomic mass is 9.84. The molecule has 1 aliphatic carbocycles. The highest BCUT2D eigenvalue weighted by Crippen LogP contribution is 2.36. The third-order valence-corrected chi connectivity index (χ3v) is 6.97. The molecular weight excluding hydrogens is 553 g/mol. The smallest absolute Gasteiger partial charge is 0.481 e. The van der Waals surface area contributed by atoms with E-state index in [9.17, 15) is 27.6 Å². The summed E-state index contributed by atoms with van der Waals surface area (Å²) in [6.07, 6.45) is -0.231. The zero-order valence-corrected chi connectivity index (χ0v) is 22.7. The average molecular weight is 585 g/mol. The van der Waals surface area contributed by atoms with Crippen molar-refractivity contribution < 1.29 is 42.1 Å². The lowest BCUT2D eigenvalue weighted by Gasteiger charge is -2.22. The first-order chi connectivity index (χ1) is 20.1. The second-order valence-electron chi connectivity index (χ2n) is 10.0. The van der Waals surface area contributed by atoms with Gasteiger partial charge < -0.3 is 19.9 Å². The average Bonchev–Trinajstić information content (AvgIpc) is 2.95. The minimum absolute atomic E-state index is 0.0332. The molecule has 1 aliphatic rings. The van der Waals surface area contributed by atoms with E-state index in [1.54, 1.807) is 0 Å². The van der Waals surface area contributed by atoms with Gasteiger partial charge >= 0.3 is 18.4 Å². The van der Waals surface area contributed by atoms with Gasteiger partial charge in [-0.3, -0.25) is 14.9 Å². The zero-order valence-electron chi connectivity index (χ0n) is 22.7. The number of hydrogen-bond donors (Lipinski definition) is 3. The summed E-state index contributed by atoms with van der Waals surface area (Å²) in [5.41, 5.74) is 2.51. The van der Waals surface area contributed by atoms with Gasteiger partial charge in [0, 0.05) is 29.8 Å². The molecule has 3 aromatic carbocycles. The van der Waals surface area contributed by atoms with Crippen LogP contribution < -0.4 is 20.1 Å². The van der Waals surface area contributed by atoms with Crippen LogP contribution in [-0.2, 0) is 11.2 Å². The molecule has 0 saturated heterocycles. The molecule has 8 nitrogen and oxygen atoms in total. The largest absolute Gasteiger partial charge is 0.573 e. The van der Waals surface area contributed by atoms with Gasteiger partial charge in [0.2, 0.25) is 0 Å². The summed E-state index contributed by atoms with van der Waals surface area (Å²) in [5.74, 6) is -1.61. The van der Waals surface area contributed by atoms with E-state index < -0.39 is 30.1 Å². The van der Waals surface area contributed by atoms with E-state index in [1.807, 2.05) is 24.3 Å². The fraction of sp³-hybridized carbons (Fsp3) is 0.323. The summed E-state index contributed by atoms with van der Waals surface area (Å²) in [5, 5.41) is 13.6. The van der Waals surface area contributed by atoms with Gasteiger partial charge in [-0.2, -0.15) is 0 Å². The first kappa shape index (κ1) is 30.4. The summed E-state index contributed by atoms with van der Waals surface area (Å²) in [6.45, 7) is -0.0371. The van der Waals surface area contributed by atoms with Crippen LogP contribution in [0.4, 0.5) is 23.7 Å². The quantitative estimate of drug-likeness (QED) is 0.236. The van der Waals surface area contributed by atoms with Gasteiger partial charge in [-0.05, 0) is 66.3 Å². The topological polar surface area (TPSA) is 114 Å². The minimum atomic E-state index is -4.94. The normalized spacial score (nSPS) is 13.7. The standard InChI is InChI=1S/C31H31F3N2O6/c32-31(33,34)42-27-8-4-7-26(25(27)19-20-9-11-22(12-10-20)21-5-2-1-3-6-21)41-30(40)36-24-15-13-23(14-16-24)29(39)35-18-17-28(37)38/h4,7-16,21H,1-3,5-6,17-19H2,(H,35,39)(H,36,40)(H,37,38). The number of aliphatic carboxylic acids is 1. The Kier molecular flexibility index (Phi) is 10.1. The Bertz CT molecular complexity index is 1390. The summed E-state index contributed by atoms with van der Waals surface area (Å²) in [4.78, 5) is 35.4. The van der Waals surface area contributed by atoms with Crippen LogP contribution in [0.3, 0.4) is 0 Å². The molecule has 4 rings (SSSR count). The van der Waals surface area contributed by atoms with E-state index in [0.717, 1.165) is 18.4 Å². The van der Waals surface area contributed by atoms with Crippen LogP contribution in [0.2, 0.25) is 0 Å². The molecule has 2 amide bonds. The first-order valence-corrected chi connectivity index (χ1v) is 13.6. The molecular formula is C31H31F3N2O6. The summed E-state index contributed by atoms with van der Waals surface area (Å²) in [7, 11) is 0. The molecule has 3 aromatic rings. The van der Waals surface area contributed by atoms with Crippen molar-refractivity contribution in [2.45, 2.75) is 57.2 Å². The molecule has 11 heteroatoms. The van der Waals surface area contributed by atoms with E-state index >= 15 is 0 Å². The zero-order chi connectivity index (χ0) is 30.1. The fourth-order valence-corrected chi connectivity index (χ4v) is 4.92. The predicted molar refractivity (Wildman–Crippen MR) is 149 cm³/mol. The van der Waals surface area contributed by atoms with E-state index in [1.165, 1.54) is 67.3 Å². The molecule has 42 heavy (non-hydrogen) atoms. The number of carbonyl (C=O) groups is 3. The van der Waals surface area contributed by atoms with Crippen LogP contribution in [0.25, 0.3) is 0 Å². The molecule has 0 bridgehead atoms. The lowest BCUT2D eigenvalue weighted by Crippen LogP contribution is -2.26. The number of benzene rings is 3. The maximum absolute atomic E-state index is 13.2. The number of nitrogens with one attached hydrogen (secondary N) is 2. The number of carboxylic acid groups (broad SMARTS) is 1. The van der Waals surface area contributed by atoms with Crippen molar-refractivity contribution in [2.24, 2.45) is 0 Å². The molecule has 0 spiro atoms. The van der Waals surface area contributed by atoms with Gasteiger partial charge in [0.15, 0.2) is 0 Å². The predicted octanol–water partition coefficient (Wildman–Crippen LogP) is 7.04. The molecule has 0 aromatic heterocycles. The Labute approximate surface area is 240 Å². The second-order valence-corrected chi connectivity index (χ2v) is 10.0. The Hall–Kier alpha value is -4.54. The van der Waals surface area contributed by atoms with Crippen LogP contribution in [-0.4, -0.2) is 36.0 Å². The number of amides is 2. The molecule has 0 heterocycles. The summed E-state index contributed by atoms with van der Waals surface area (Å²) < 4.78 is 49.3. The van der Waals surface area contributed by atoms with Crippen LogP contribution in [0.1, 0.15) is 71.5 Å². The van der Waals surface area contributed by atoms with Crippen molar-refractivity contribution in [1.29, 1.82) is 0 Å². The van der Waals surface area contributed by atoms with E-state index in [4.69, 9.17) is 9.84 Å². The van der Waals surface area contributed by atoms with Gasteiger partial charge in [0.25, 0.3) is 5.91 Å². The number of ether oxygens (including phenoxy) is 2. The van der Waals surface area contributed by atoms with E-state index in [-0.39, 0.29) is 42.0 Å². The van der Waals surface area contributed by atoms with Crippen molar-refractivity contribution in [3.63, 3.8) is 0 Å². The van der Waals surface area contributed by atoms with Crippen LogP contribution in [0.5, 0.6) is 11.5 Å². The third kappa shape index (κ3) is 8.98. The number of carbonyl (C=O) groups excluding carboxylic acids is 2. The van der Waals surface area contributed by atoms with Gasteiger partial charge in [0.05, 0.1) is 6.42 Å². The summed E-state index contributed by atoms with van der Waals surface area (Å²) >= 11 is 0. The molecule has 0 radical (unpaired) electrons. The number of hydrogen-bond acceptors (Lipinski definition) is 5. The Morgan fingerprint density at radius 1 is 0.881 bits per heavy atom. The monoisotopic (exact) mass is 584 g/mol. The maximum atomic E-state index is 13.2.